The molecular formula is C30H33N3O3S2. The van der Waals surface area contributed by atoms with E-state index in [-0.39, 0.29) is 10.8 Å². The molecule has 2 unspecified atom stereocenters. The molecule has 0 aliphatic carbocycles. The minimum atomic E-state index is -3.62. The van der Waals surface area contributed by atoms with Gasteiger partial charge in [-0.1, -0.05) is 61.6 Å². The van der Waals surface area contributed by atoms with Crippen LogP contribution < -0.4 is 4.90 Å². The van der Waals surface area contributed by atoms with Crippen molar-refractivity contribution >= 4 is 42.6 Å². The smallest absolute Gasteiger partial charge is 0.260 e. The zero-order valence-electron chi connectivity index (χ0n) is 22.2. The fourth-order valence-electron chi connectivity index (χ4n) is 5.20. The van der Waals surface area contributed by atoms with E-state index in [1.165, 1.54) is 11.3 Å². The summed E-state index contributed by atoms with van der Waals surface area (Å²) in [5, 5.41) is 0.621. The minimum absolute atomic E-state index is 0.216. The molecular weight excluding hydrogens is 514 g/mol. The van der Waals surface area contributed by atoms with Crippen LogP contribution >= 0.6 is 11.3 Å². The topological polar surface area (TPSA) is 70.6 Å². The highest BCUT2D eigenvalue weighted by molar-refractivity contribution is 7.89. The zero-order valence-corrected chi connectivity index (χ0v) is 23.8. The first-order valence-electron chi connectivity index (χ1n) is 13.0. The second kappa shape index (κ2) is 10.6. The van der Waals surface area contributed by atoms with E-state index in [1.54, 1.807) is 33.5 Å². The summed E-state index contributed by atoms with van der Waals surface area (Å²) in [4.78, 5) is 20.6. The number of anilines is 1. The predicted molar refractivity (Wildman–Crippen MR) is 154 cm³/mol. The number of aryl methyl sites for hydroxylation is 2. The molecule has 8 heteroatoms. The van der Waals surface area contributed by atoms with Gasteiger partial charge in [-0.05, 0) is 79.1 Å². The van der Waals surface area contributed by atoms with Crippen LogP contribution in [-0.4, -0.2) is 36.7 Å². The van der Waals surface area contributed by atoms with E-state index < -0.39 is 10.0 Å². The van der Waals surface area contributed by atoms with Gasteiger partial charge in [-0.2, -0.15) is 4.31 Å². The molecule has 4 aromatic rings. The molecule has 0 bridgehead atoms. The van der Waals surface area contributed by atoms with Crippen LogP contribution in [0.4, 0.5) is 5.13 Å². The summed E-state index contributed by atoms with van der Waals surface area (Å²) >= 11 is 1.49. The van der Waals surface area contributed by atoms with Gasteiger partial charge in [-0.25, -0.2) is 13.4 Å². The number of amides is 1. The molecule has 1 saturated heterocycles. The van der Waals surface area contributed by atoms with Gasteiger partial charge in [-0.15, -0.1) is 0 Å². The Balaban J connectivity index is 1.47. The number of piperidine rings is 1. The number of carbonyl (C=O) groups is 1. The first-order chi connectivity index (χ1) is 18.1. The zero-order chi connectivity index (χ0) is 27.0. The first kappa shape index (κ1) is 26.5. The molecule has 2 heterocycles. The van der Waals surface area contributed by atoms with Gasteiger partial charge in [0.05, 0.1) is 21.7 Å². The molecule has 1 aromatic heterocycles. The van der Waals surface area contributed by atoms with E-state index in [4.69, 9.17) is 4.98 Å². The van der Waals surface area contributed by atoms with E-state index in [9.17, 15) is 13.2 Å². The monoisotopic (exact) mass is 547 g/mol. The highest BCUT2D eigenvalue weighted by atomic mass is 32.2. The summed E-state index contributed by atoms with van der Waals surface area (Å²) in [7, 11) is -3.62. The number of sulfonamides is 1. The van der Waals surface area contributed by atoms with Gasteiger partial charge in [-0.3, -0.25) is 9.69 Å². The number of hydrogen-bond acceptors (Lipinski definition) is 5. The van der Waals surface area contributed by atoms with Gasteiger partial charge < -0.3 is 0 Å². The number of benzene rings is 3. The van der Waals surface area contributed by atoms with Crippen LogP contribution in [-0.2, 0) is 16.6 Å². The van der Waals surface area contributed by atoms with Crippen LogP contribution in [0.2, 0.25) is 0 Å². The molecule has 0 radical (unpaired) electrons. The van der Waals surface area contributed by atoms with Gasteiger partial charge in [0.2, 0.25) is 10.0 Å². The van der Waals surface area contributed by atoms with Crippen molar-refractivity contribution in [3.8, 4) is 0 Å². The number of aromatic nitrogens is 1. The third-order valence-corrected chi connectivity index (χ3v) is 10.2. The van der Waals surface area contributed by atoms with E-state index in [0.717, 1.165) is 33.3 Å². The largest absolute Gasteiger partial charge is 0.279 e. The molecule has 0 saturated carbocycles. The number of hydrogen-bond donors (Lipinski definition) is 0. The Labute approximate surface area is 229 Å². The summed E-state index contributed by atoms with van der Waals surface area (Å²) in [6, 6.07) is 20.3. The van der Waals surface area contributed by atoms with Crippen molar-refractivity contribution in [2.45, 2.75) is 45.6 Å². The van der Waals surface area contributed by atoms with Gasteiger partial charge in [0.15, 0.2) is 5.13 Å². The van der Waals surface area contributed by atoms with Gasteiger partial charge in [0.25, 0.3) is 5.91 Å². The Hall–Kier alpha value is -3.07. The molecule has 1 aliphatic heterocycles. The molecule has 3 aromatic carbocycles. The van der Waals surface area contributed by atoms with E-state index in [2.05, 4.69) is 26.8 Å². The standard InChI is InChI=1S/C30H33N3O3S2/c1-20-16-21(2)18-32(17-20)38(35,36)26-13-11-25(12-14-26)29(34)33(19-24-8-6-5-7-9-24)30-31-28-23(4)22(3)10-15-27(28)37-30/h5-15,20-21H,16-19H2,1-4H3. The summed E-state index contributed by atoms with van der Waals surface area (Å²) in [5.41, 5.74) is 4.58. The highest BCUT2D eigenvalue weighted by Crippen LogP contribution is 2.34. The average molecular weight is 548 g/mol. The fraction of sp³-hybridized carbons (Fsp3) is 0.333. The van der Waals surface area contributed by atoms with Crippen LogP contribution in [0.1, 0.15) is 47.3 Å². The molecule has 1 amide bonds. The van der Waals surface area contributed by atoms with Crippen molar-refractivity contribution in [2.75, 3.05) is 18.0 Å². The van der Waals surface area contributed by atoms with Crippen LogP contribution in [0.3, 0.4) is 0 Å². The van der Waals surface area contributed by atoms with Crippen LogP contribution in [0.25, 0.3) is 10.2 Å². The van der Waals surface area contributed by atoms with Crippen molar-refractivity contribution in [3.05, 3.63) is 89.0 Å². The Morgan fingerprint density at radius 2 is 1.63 bits per heavy atom. The summed E-state index contributed by atoms with van der Waals surface area (Å²) in [6.07, 6.45) is 1.03. The minimum Gasteiger partial charge on any atom is -0.279 e. The molecule has 0 N–H and O–H groups in total. The first-order valence-corrected chi connectivity index (χ1v) is 15.2. The molecule has 6 nitrogen and oxygen atoms in total. The highest BCUT2D eigenvalue weighted by Gasteiger charge is 2.32. The van der Waals surface area contributed by atoms with Crippen molar-refractivity contribution < 1.29 is 13.2 Å². The molecule has 0 spiro atoms. The van der Waals surface area contributed by atoms with Crippen molar-refractivity contribution in [2.24, 2.45) is 11.8 Å². The lowest BCUT2D eigenvalue weighted by Gasteiger charge is -2.34. The second-order valence-corrected chi connectivity index (χ2v) is 13.5. The molecule has 5 rings (SSSR count). The number of nitrogens with zero attached hydrogens (tertiary/aromatic N) is 3. The predicted octanol–water partition coefficient (Wildman–Crippen LogP) is 6.43. The molecule has 38 heavy (non-hydrogen) atoms. The maximum absolute atomic E-state index is 13.9. The summed E-state index contributed by atoms with van der Waals surface area (Å²) < 4.78 is 29.3. The van der Waals surface area contributed by atoms with Crippen molar-refractivity contribution in [1.82, 2.24) is 9.29 Å². The van der Waals surface area contributed by atoms with Crippen molar-refractivity contribution in [1.29, 1.82) is 0 Å². The van der Waals surface area contributed by atoms with Gasteiger partial charge in [0, 0.05) is 18.7 Å². The van der Waals surface area contributed by atoms with Gasteiger partial charge in [0.1, 0.15) is 0 Å². The number of carbonyl (C=O) groups excluding carboxylic acids is 1. The Kier molecular flexibility index (Phi) is 7.40. The van der Waals surface area contributed by atoms with E-state index in [1.807, 2.05) is 43.3 Å². The number of rotatable bonds is 6. The van der Waals surface area contributed by atoms with Gasteiger partial charge >= 0.3 is 0 Å². The Bertz CT molecular complexity index is 1550. The Morgan fingerprint density at radius 3 is 2.29 bits per heavy atom. The van der Waals surface area contributed by atoms with E-state index in [0.29, 0.717) is 42.2 Å². The quantitative estimate of drug-likeness (QED) is 0.279. The lowest BCUT2D eigenvalue weighted by atomic mass is 9.94. The summed E-state index contributed by atoms with van der Waals surface area (Å²) in [5.74, 6) is 0.427. The maximum atomic E-state index is 13.9. The third kappa shape index (κ3) is 5.25. The molecule has 1 fully saturated rings. The van der Waals surface area contributed by atoms with Crippen LogP contribution in [0, 0.1) is 25.7 Å². The lowest BCUT2D eigenvalue weighted by Crippen LogP contribution is -2.42. The summed E-state index contributed by atoms with van der Waals surface area (Å²) in [6.45, 7) is 9.69. The normalized spacial score (nSPS) is 18.5. The fourth-order valence-corrected chi connectivity index (χ4v) is 7.90. The van der Waals surface area contributed by atoms with Crippen LogP contribution in [0.5, 0.6) is 0 Å². The molecule has 198 valence electrons. The average Bonchev–Trinajstić information content (AvgIpc) is 3.34. The lowest BCUT2D eigenvalue weighted by molar-refractivity contribution is 0.0985. The number of thiazole rings is 1. The van der Waals surface area contributed by atoms with Crippen LogP contribution in [0.15, 0.2) is 71.6 Å². The molecule has 1 aliphatic rings. The third-order valence-electron chi connectivity index (χ3n) is 7.31. The molecule has 2 atom stereocenters. The second-order valence-electron chi connectivity index (χ2n) is 10.5. The maximum Gasteiger partial charge on any atom is 0.260 e. The number of fused-ring (bicyclic) bond motifs is 1. The Morgan fingerprint density at radius 1 is 0.974 bits per heavy atom. The SMILES string of the molecule is Cc1ccc2sc(N(Cc3ccccc3)C(=O)c3ccc(S(=O)(=O)N4CC(C)CC(C)C4)cc3)nc2c1C. The van der Waals surface area contributed by atoms with Crippen molar-refractivity contribution in [3.63, 3.8) is 0 Å². The van der Waals surface area contributed by atoms with E-state index >= 15 is 0 Å².